The number of nitrogens with zero attached hydrogens (tertiary/aromatic N) is 2. The average Bonchev–Trinajstić information content (AvgIpc) is 1.90. The fourth-order valence-corrected chi connectivity index (χ4v) is 13.2. The highest BCUT2D eigenvalue weighted by Crippen LogP contribution is 2.40. The molecule has 6 unspecified atom stereocenters. The predicted molar refractivity (Wildman–Crippen MR) is 341 cm³/mol. The number of anilines is 1. The minimum absolute atomic E-state index is 0.0547. The third-order valence-corrected chi connectivity index (χ3v) is 17.9. The van der Waals surface area contributed by atoms with Crippen molar-refractivity contribution in [1.82, 2.24) is 9.97 Å². The van der Waals surface area contributed by atoms with Gasteiger partial charge in [-0.05, 0) is 180 Å². The van der Waals surface area contributed by atoms with Crippen molar-refractivity contribution in [2.45, 2.75) is 202 Å². The zero-order chi connectivity index (χ0) is 66.8. The van der Waals surface area contributed by atoms with Crippen LogP contribution in [0.15, 0.2) is 23.3 Å². The Morgan fingerprint density at radius 1 is 0.652 bits per heavy atom. The van der Waals surface area contributed by atoms with Crippen LogP contribution in [0.2, 0.25) is 0 Å². The van der Waals surface area contributed by atoms with Gasteiger partial charge in [0.15, 0.2) is 16.4 Å². The lowest BCUT2D eigenvalue weighted by Gasteiger charge is -2.26. The Morgan fingerprint density at radius 2 is 1.18 bits per heavy atom. The molecule has 3 aromatic heterocycles. The molecule has 3 aromatic rings. The van der Waals surface area contributed by atoms with E-state index in [0.29, 0.717) is 92.4 Å². The number of allylic oxidation sites excluding steroid dienone is 2. The summed E-state index contributed by atoms with van der Waals surface area (Å²) in [6, 6.07) is 1.68. The molecule has 0 bridgehead atoms. The van der Waals surface area contributed by atoms with Gasteiger partial charge in [0, 0.05) is 61.1 Å². The summed E-state index contributed by atoms with van der Waals surface area (Å²) < 4.78 is 18.9. The first-order valence-electron chi connectivity index (χ1n) is 30.5. The van der Waals surface area contributed by atoms with Crippen molar-refractivity contribution in [3.05, 3.63) is 55.3 Å². The van der Waals surface area contributed by atoms with Crippen LogP contribution in [0.4, 0.5) is 5.00 Å². The number of nitriles is 1. The van der Waals surface area contributed by atoms with E-state index >= 15 is 0 Å². The van der Waals surface area contributed by atoms with Gasteiger partial charge < -0.3 is 44.0 Å². The smallest absolute Gasteiger partial charge is 0.341 e. The number of nitrogens with one attached hydrogen (secondary N) is 1. The maximum absolute atomic E-state index is 12.0. The zero-order valence-electron chi connectivity index (χ0n) is 53.0. The lowest BCUT2D eigenvalue weighted by Crippen LogP contribution is -2.34. The number of carbonyl (C=O) groups excluding carboxylic acids is 12. The Bertz CT molecular complexity index is 3060. The number of ether oxygens (including phenoxy) is 4. The number of aryl methyl sites for hydroxylation is 2. The summed E-state index contributed by atoms with van der Waals surface area (Å²) in [5.74, 6) is -0.637. The molecule has 2 saturated carbocycles. The Labute approximate surface area is 537 Å². The molecule has 2 fully saturated rings. The van der Waals surface area contributed by atoms with Crippen LogP contribution in [0.5, 0.6) is 0 Å². The topological polar surface area (TPSA) is 337 Å². The van der Waals surface area contributed by atoms with Gasteiger partial charge >= 0.3 is 23.9 Å². The van der Waals surface area contributed by atoms with Gasteiger partial charge in [0.05, 0.1) is 49.8 Å². The molecule has 0 amide bonds. The fourth-order valence-electron chi connectivity index (χ4n) is 10.8. The second kappa shape index (κ2) is 42.3. The zero-order valence-corrected chi connectivity index (χ0v) is 56.2. The van der Waals surface area contributed by atoms with Crippen LogP contribution < -0.4 is 11.3 Å². The van der Waals surface area contributed by atoms with E-state index in [1.54, 1.807) is 71.9 Å². The first-order valence-corrected chi connectivity index (χ1v) is 33.0. The fraction of sp³-hybridized carbons (Fsp3) is 0.615. The van der Waals surface area contributed by atoms with Crippen molar-refractivity contribution in [1.29, 1.82) is 5.26 Å². The quantitative estimate of drug-likeness (QED) is 0.0549. The molecule has 0 saturated heterocycles. The highest BCUT2D eigenvalue weighted by molar-refractivity contribution is 9.10. The molecule has 8 rings (SSSR count). The van der Waals surface area contributed by atoms with Crippen LogP contribution in [0, 0.1) is 40.9 Å². The monoisotopic (exact) mass is 1340 g/mol. The Morgan fingerprint density at radius 3 is 1.65 bits per heavy atom. The lowest BCUT2D eigenvalue weighted by atomic mass is 9.78. The van der Waals surface area contributed by atoms with Crippen molar-refractivity contribution in [3.63, 3.8) is 0 Å². The number of hydrogen-bond acceptors (Lipinski definition) is 22. The number of H-pyrrole nitrogens is 1. The van der Waals surface area contributed by atoms with Crippen molar-refractivity contribution in [2.24, 2.45) is 29.6 Å². The third-order valence-electron chi connectivity index (χ3n) is 14.6. The number of hydrogen-bond donors (Lipinski definition) is 2. The SMILES string of the molecule is CC(=O)CC1CCCC(=O)C1.CC(=O)CC1CCc2sc3nc[nH]c(=O)c3c2C1.CCOC(=O)C(Br)C(C)=O.CCOC(=O)C(C(C)=O)C1CCCC(=O)C1.CCOC(=O)CC#N.CCOC(=O)c1c(N)sc2c1CC(CC(C)=O)CC2.O=C1C=CCCC1. The van der Waals surface area contributed by atoms with Gasteiger partial charge in [-0.1, -0.05) is 22.0 Å². The van der Waals surface area contributed by atoms with E-state index < -0.39 is 28.7 Å². The standard InChI is InChI=1S/C14H19NO3S.C13H14N2O2S.C12H18O4.C9H14O2.C6H9BrO3.C6H8O.C5H7NO2/c1-3-18-14(17)12-10-7-9(6-8(2)16)4-5-11(10)19-13(12)15;1-7(16)4-8-2-3-10-9(5-8)11-12(17)14-6-15-13(11)18-10;1-3-16-12(15)11(8(2)13)9-5-4-6-10(14)7-9;1-7(10)5-8-3-2-4-9(11)6-8;1-3-10-6(9)5(7)4(2)8;7-6-4-2-1-3-5-6;1-2-8-5(7)3-4-6/h9H,3-7,15H2,1-2H3;6,8H,2-5H2,1H3,(H,14,15,17);9,11H,3-7H2,1-2H3;8H,2-6H2,1H3;5H,3H2,1-2H3;2,4H,1,3,5H2;2-3H2,1H3. The van der Waals surface area contributed by atoms with Gasteiger partial charge in [-0.3, -0.25) is 43.2 Å². The molecule has 89 heavy (non-hydrogen) atoms. The summed E-state index contributed by atoms with van der Waals surface area (Å²) in [7, 11) is 0. The number of aromatic amines is 1. The largest absolute Gasteiger partial charge is 0.465 e. The molecule has 21 nitrogen and oxygen atoms in total. The highest BCUT2D eigenvalue weighted by atomic mass is 79.9. The van der Waals surface area contributed by atoms with Crippen LogP contribution >= 0.6 is 38.6 Å². The molecule has 24 heteroatoms. The van der Waals surface area contributed by atoms with E-state index in [4.69, 9.17) is 20.5 Å². The summed E-state index contributed by atoms with van der Waals surface area (Å²) in [4.78, 5) is 153. The number of Topliss-reactive ketones (excluding diaryl/α,β-unsaturated/α-hetero) is 7. The van der Waals surface area contributed by atoms with E-state index in [2.05, 4.69) is 35.4 Å². The summed E-state index contributed by atoms with van der Waals surface area (Å²) >= 11 is 5.99. The second-order valence-electron chi connectivity index (χ2n) is 22.2. The number of nitrogens with two attached hydrogens (primary N) is 1. The molecule has 3 N–H and O–H groups in total. The number of alkyl halides is 1. The van der Waals surface area contributed by atoms with Crippen LogP contribution in [-0.4, -0.2) is 111 Å². The van der Waals surface area contributed by atoms with Gasteiger partial charge in [-0.2, -0.15) is 5.26 Å². The van der Waals surface area contributed by atoms with Gasteiger partial charge in [0.1, 0.15) is 56.9 Å². The molecular weight excluding hydrogens is 1250 g/mol. The van der Waals surface area contributed by atoms with Gasteiger partial charge in [0.2, 0.25) is 0 Å². The molecule has 3 heterocycles. The Balaban J connectivity index is 0.000000364. The highest BCUT2D eigenvalue weighted by Gasteiger charge is 2.36. The molecule has 0 spiro atoms. The minimum atomic E-state index is -0.799. The van der Waals surface area contributed by atoms with Gasteiger partial charge in [-0.25, -0.2) is 9.78 Å². The van der Waals surface area contributed by atoms with E-state index in [0.717, 1.165) is 111 Å². The molecule has 5 aliphatic carbocycles. The average molecular weight is 1340 g/mol. The van der Waals surface area contributed by atoms with E-state index in [-0.39, 0.29) is 71.0 Å². The Hall–Kier alpha value is -6.71. The second-order valence-corrected chi connectivity index (χ2v) is 25.3. The molecular formula is C65H89BrN4O17S2. The number of fused-ring (bicyclic) bond motifs is 4. The number of esters is 4. The maximum Gasteiger partial charge on any atom is 0.341 e. The number of ketones is 8. The van der Waals surface area contributed by atoms with E-state index in [9.17, 15) is 62.3 Å². The molecule has 6 atom stereocenters. The molecule has 0 aliphatic heterocycles. The van der Waals surface area contributed by atoms with E-state index in [1.807, 2.05) is 6.08 Å². The molecule has 5 aliphatic rings. The van der Waals surface area contributed by atoms with Crippen LogP contribution in [0.1, 0.15) is 203 Å². The van der Waals surface area contributed by atoms with Crippen molar-refractivity contribution >= 4 is 124 Å². The number of carbonyl (C=O) groups is 12. The van der Waals surface area contributed by atoms with Crippen molar-refractivity contribution in [3.8, 4) is 6.07 Å². The summed E-state index contributed by atoms with van der Waals surface area (Å²) in [6.07, 6.45) is 21.0. The van der Waals surface area contributed by atoms with E-state index in [1.165, 1.54) is 41.3 Å². The summed E-state index contributed by atoms with van der Waals surface area (Å²) in [5.41, 5.74) is 8.57. The maximum atomic E-state index is 12.0. The first-order chi connectivity index (χ1) is 42.2. The number of halogens is 1. The summed E-state index contributed by atoms with van der Waals surface area (Å²) in [5, 5.41) is 9.20. The molecule has 0 radical (unpaired) electrons. The summed E-state index contributed by atoms with van der Waals surface area (Å²) in [6.45, 7) is 15.7. The predicted octanol–water partition coefficient (Wildman–Crippen LogP) is 10.6. The van der Waals surface area contributed by atoms with Crippen molar-refractivity contribution in [2.75, 3.05) is 32.2 Å². The van der Waals surface area contributed by atoms with Crippen molar-refractivity contribution < 1.29 is 76.5 Å². The number of rotatable bonds is 17. The van der Waals surface area contributed by atoms with Gasteiger partial charge in [0.25, 0.3) is 5.56 Å². The van der Waals surface area contributed by atoms with Crippen LogP contribution in [0.25, 0.3) is 10.2 Å². The number of thiophene rings is 2. The third kappa shape index (κ3) is 29.2. The van der Waals surface area contributed by atoms with Gasteiger partial charge in [-0.15, -0.1) is 22.7 Å². The number of nitrogen functional groups attached to an aromatic ring is 1. The normalized spacial score (nSPS) is 18.5. The molecule has 490 valence electrons. The molecule has 0 aromatic carbocycles. The van der Waals surface area contributed by atoms with Crippen LogP contribution in [0.3, 0.4) is 0 Å². The first kappa shape index (κ1) is 78.4. The number of aromatic nitrogens is 2. The minimum Gasteiger partial charge on any atom is -0.465 e. The Kier molecular flexibility index (Phi) is 37.3. The van der Waals surface area contributed by atoms with Crippen LogP contribution in [-0.2, 0) is 97.4 Å². The lowest BCUT2D eigenvalue weighted by molar-refractivity contribution is -0.154.